The Balaban J connectivity index is 1.56. The number of amides is 3. The van der Waals surface area contributed by atoms with Crippen molar-refractivity contribution in [3.63, 3.8) is 0 Å². The Labute approximate surface area is 168 Å². The summed E-state index contributed by atoms with van der Waals surface area (Å²) >= 11 is 0. The minimum absolute atomic E-state index is 0.453. The number of aliphatic hydroxyl groups is 1. The van der Waals surface area contributed by atoms with E-state index in [4.69, 9.17) is 5.21 Å². The van der Waals surface area contributed by atoms with Gasteiger partial charge in [0.25, 0.3) is 5.91 Å². The molecule has 0 aliphatic carbocycles. The van der Waals surface area contributed by atoms with Gasteiger partial charge in [-0.3, -0.25) is 15.0 Å². The lowest BCUT2D eigenvalue weighted by atomic mass is 10.1. The van der Waals surface area contributed by atoms with E-state index in [0.717, 1.165) is 16.8 Å². The number of nitrogens with one attached hydrogen (secondary N) is 2. The van der Waals surface area contributed by atoms with Crippen molar-refractivity contribution >= 4 is 17.6 Å². The van der Waals surface area contributed by atoms with Gasteiger partial charge >= 0.3 is 6.03 Å². The lowest BCUT2D eigenvalue weighted by Crippen LogP contribution is -2.58. The van der Waals surface area contributed by atoms with Gasteiger partial charge in [0.2, 0.25) is 0 Å². The molecule has 154 valence electrons. The van der Waals surface area contributed by atoms with Crippen molar-refractivity contribution < 1.29 is 19.9 Å². The molecule has 1 saturated heterocycles. The van der Waals surface area contributed by atoms with E-state index < -0.39 is 24.1 Å². The number of hydrogen-bond acceptors (Lipinski definition) is 6. The van der Waals surface area contributed by atoms with Crippen LogP contribution in [0.15, 0.2) is 48.8 Å². The molecule has 0 bridgehead atoms. The van der Waals surface area contributed by atoms with Crippen LogP contribution < -0.4 is 15.7 Å². The Bertz CT molecular complexity index is 821. The molecule has 0 radical (unpaired) electrons. The van der Waals surface area contributed by atoms with E-state index in [1.54, 1.807) is 11.1 Å². The van der Waals surface area contributed by atoms with Crippen molar-refractivity contribution in [3.05, 3.63) is 48.8 Å². The standard InChI is InChI=1S/C20H25N5O4/c1-14(26)18(19(27)23-29)22-20(28)25-11-9-24(10-12-25)17-6-4-15(5-7-17)16-3-2-8-21-13-16/h2-8,13-14,18,26,29H,9-12H2,1H3,(H,22,28)(H,23,27)/t14-,18+/m1/s1. The topological polar surface area (TPSA) is 118 Å². The smallest absolute Gasteiger partial charge is 0.318 e. The summed E-state index contributed by atoms with van der Waals surface area (Å²) < 4.78 is 0. The number of piperazine rings is 1. The molecule has 1 aromatic carbocycles. The highest BCUT2D eigenvalue weighted by atomic mass is 16.5. The first-order valence-electron chi connectivity index (χ1n) is 9.42. The summed E-state index contributed by atoms with van der Waals surface area (Å²) in [7, 11) is 0. The summed E-state index contributed by atoms with van der Waals surface area (Å²) in [5, 5.41) is 20.8. The molecule has 1 aromatic heterocycles. The molecule has 9 heteroatoms. The molecule has 2 heterocycles. The Morgan fingerprint density at radius 3 is 2.31 bits per heavy atom. The number of hydroxylamine groups is 1. The van der Waals surface area contributed by atoms with E-state index in [-0.39, 0.29) is 0 Å². The van der Waals surface area contributed by atoms with Crippen molar-refractivity contribution in [1.82, 2.24) is 20.7 Å². The second-order valence-corrected chi connectivity index (χ2v) is 6.91. The molecule has 29 heavy (non-hydrogen) atoms. The summed E-state index contributed by atoms with van der Waals surface area (Å²) in [5.74, 6) is -0.860. The van der Waals surface area contributed by atoms with Crippen molar-refractivity contribution in [2.75, 3.05) is 31.1 Å². The zero-order valence-electron chi connectivity index (χ0n) is 16.2. The molecule has 1 aliphatic heterocycles. The first-order valence-corrected chi connectivity index (χ1v) is 9.42. The molecule has 9 nitrogen and oxygen atoms in total. The maximum atomic E-state index is 12.4. The number of benzene rings is 1. The SMILES string of the molecule is C[C@@H](O)[C@H](NC(=O)N1CCN(c2ccc(-c3cccnc3)cc2)CC1)C(=O)NO. The van der Waals surface area contributed by atoms with Gasteiger partial charge in [-0.2, -0.15) is 0 Å². The van der Waals surface area contributed by atoms with Gasteiger partial charge in [0.1, 0.15) is 6.04 Å². The van der Waals surface area contributed by atoms with Crippen LogP contribution in [0.4, 0.5) is 10.5 Å². The lowest BCUT2D eigenvalue weighted by Gasteiger charge is -2.36. The molecule has 2 atom stereocenters. The molecule has 3 rings (SSSR count). The van der Waals surface area contributed by atoms with Crippen molar-refractivity contribution in [2.24, 2.45) is 0 Å². The molecule has 1 fully saturated rings. The first kappa shape index (κ1) is 20.6. The van der Waals surface area contributed by atoms with Crippen molar-refractivity contribution in [1.29, 1.82) is 0 Å². The highest BCUT2D eigenvalue weighted by Gasteiger charge is 2.29. The van der Waals surface area contributed by atoms with Crippen LogP contribution in [-0.4, -0.2) is 70.5 Å². The third kappa shape index (κ3) is 5.01. The molecular formula is C20H25N5O4. The van der Waals surface area contributed by atoms with Crippen LogP contribution in [0.2, 0.25) is 0 Å². The van der Waals surface area contributed by atoms with Gasteiger partial charge in [0, 0.05) is 44.3 Å². The fourth-order valence-electron chi connectivity index (χ4n) is 3.27. The fourth-order valence-corrected chi connectivity index (χ4v) is 3.27. The normalized spacial score (nSPS) is 16.1. The number of pyridine rings is 1. The van der Waals surface area contributed by atoms with Crippen molar-refractivity contribution in [3.8, 4) is 11.1 Å². The minimum Gasteiger partial charge on any atom is -0.391 e. The Morgan fingerprint density at radius 2 is 1.76 bits per heavy atom. The van der Waals surface area contributed by atoms with Crippen molar-refractivity contribution in [2.45, 2.75) is 19.1 Å². The van der Waals surface area contributed by atoms with Crippen LogP contribution in [-0.2, 0) is 4.79 Å². The number of rotatable bonds is 5. The van der Waals surface area contributed by atoms with Gasteiger partial charge in [0.05, 0.1) is 6.10 Å². The number of carbonyl (C=O) groups is 2. The van der Waals surface area contributed by atoms with Gasteiger partial charge in [0.15, 0.2) is 0 Å². The van der Waals surface area contributed by atoms with Gasteiger partial charge in [-0.25, -0.2) is 10.3 Å². The summed E-state index contributed by atoms with van der Waals surface area (Å²) in [6, 6.07) is 10.4. The molecule has 0 saturated carbocycles. The van der Waals surface area contributed by atoms with E-state index in [1.165, 1.54) is 12.4 Å². The summed E-state index contributed by atoms with van der Waals surface area (Å²) in [5.41, 5.74) is 4.67. The van der Waals surface area contributed by atoms with E-state index >= 15 is 0 Å². The fraction of sp³-hybridized carbons (Fsp3) is 0.350. The highest BCUT2D eigenvalue weighted by molar-refractivity contribution is 5.87. The number of hydrogen-bond donors (Lipinski definition) is 4. The maximum Gasteiger partial charge on any atom is 0.318 e. The molecular weight excluding hydrogens is 374 g/mol. The number of nitrogens with zero attached hydrogens (tertiary/aromatic N) is 3. The molecule has 4 N–H and O–H groups in total. The van der Waals surface area contributed by atoms with Gasteiger partial charge < -0.3 is 20.2 Å². The monoisotopic (exact) mass is 399 g/mol. The summed E-state index contributed by atoms with van der Waals surface area (Å²) in [4.78, 5) is 31.9. The lowest BCUT2D eigenvalue weighted by molar-refractivity contribution is -0.133. The van der Waals surface area contributed by atoms with Crippen LogP contribution in [0.1, 0.15) is 6.92 Å². The van der Waals surface area contributed by atoms with Crippen LogP contribution in [0, 0.1) is 0 Å². The number of urea groups is 1. The third-order valence-corrected chi connectivity index (χ3v) is 4.95. The number of anilines is 1. The summed E-state index contributed by atoms with van der Waals surface area (Å²) in [6.07, 6.45) is 2.43. The van der Waals surface area contributed by atoms with E-state index in [2.05, 4.69) is 15.2 Å². The summed E-state index contributed by atoms with van der Waals surface area (Å²) in [6.45, 7) is 3.61. The predicted octanol–water partition coefficient (Wildman–Crippen LogP) is 0.835. The first-order chi connectivity index (χ1) is 14.0. The largest absolute Gasteiger partial charge is 0.391 e. The van der Waals surface area contributed by atoms with Gasteiger partial charge in [-0.1, -0.05) is 18.2 Å². The third-order valence-electron chi connectivity index (χ3n) is 4.95. The van der Waals surface area contributed by atoms with Crippen LogP contribution in [0.3, 0.4) is 0 Å². The average molecular weight is 399 g/mol. The number of carbonyl (C=O) groups excluding carboxylic acids is 2. The maximum absolute atomic E-state index is 12.4. The highest BCUT2D eigenvalue weighted by Crippen LogP contribution is 2.23. The quantitative estimate of drug-likeness (QED) is 0.437. The second-order valence-electron chi connectivity index (χ2n) is 6.91. The van der Waals surface area contributed by atoms with E-state index in [1.807, 2.05) is 42.6 Å². The van der Waals surface area contributed by atoms with Crippen LogP contribution >= 0.6 is 0 Å². The van der Waals surface area contributed by atoms with Gasteiger partial charge in [-0.05, 0) is 36.2 Å². The number of aromatic nitrogens is 1. The van der Waals surface area contributed by atoms with Crippen LogP contribution in [0.5, 0.6) is 0 Å². The molecule has 0 spiro atoms. The molecule has 0 unspecified atom stereocenters. The average Bonchev–Trinajstić information content (AvgIpc) is 2.77. The van der Waals surface area contributed by atoms with E-state index in [9.17, 15) is 14.7 Å². The molecule has 1 aliphatic rings. The predicted molar refractivity (Wildman–Crippen MR) is 107 cm³/mol. The Hall–Kier alpha value is -3.17. The molecule has 3 amide bonds. The molecule has 2 aromatic rings. The van der Waals surface area contributed by atoms with E-state index in [0.29, 0.717) is 26.2 Å². The van der Waals surface area contributed by atoms with Crippen LogP contribution in [0.25, 0.3) is 11.1 Å². The second kappa shape index (κ2) is 9.35. The minimum atomic E-state index is -1.22. The zero-order chi connectivity index (χ0) is 20.8. The Morgan fingerprint density at radius 1 is 1.07 bits per heavy atom. The number of aliphatic hydroxyl groups excluding tert-OH is 1. The zero-order valence-corrected chi connectivity index (χ0v) is 16.2. The Kier molecular flexibility index (Phi) is 6.63. The van der Waals surface area contributed by atoms with Gasteiger partial charge in [-0.15, -0.1) is 0 Å².